The zero-order valence-corrected chi connectivity index (χ0v) is 13.5. The molecule has 1 atom stereocenters. The summed E-state index contributed by atoms with van der Waals surface area (Å²) in [6, 6.07) is 16.8. The molecular weight excluding hydrogens is 314 g/mol. The highest BCUT2D eigenvalue weighted by molar-refractivity contribution is 9.10. The lowest BCUT2D eigenvalue weighted by Crippen LogP contribution is -2.09. The van der Waals surface area contributed by atoms with Crippen LogP contribution in [0.4, 0.5) is 5.69 Å². The second-order valence-corrected chi connectivity index (χ2v) is 5.54. The van der Waals surface area contributed by atoms with Crippen LogP contribution in [-0.4, -0.2) is 6.61 Å². The minimum absolute atomic E-state index is 0.296. The molecule has 0 amide bonds. The van der Waals surface area contributed by atoms with Crippen LogP contribution in [0.3, 0.4) is 0 Å². The molecule has 2 aromatic carbocycles. The Bertz CT molecular complexity index is 556. The Hall–Kier alpha value is -1.48. The van der Waals surface area contributed by atoms with E-state index in [-0.39, 0.29) is 0 Å². The van der Waals surface area contributed by atoms with Gasteiger partial charge < -0.3 is 10.1 Å². The van der Waals surface area contributed by atoms with Crippen molar-refractivity contribution in [3.63, 3.8) is 0 Å². The van der Waals surface area contributed by atoms with Crippen molar-refractivity contribution < 1.29 is 4.74 Å². The first-order chi connectivity index (χ1) is 9.72. The Balaban J connectivity index is 2.15. The second-order valence-electron chi connectivity index (χ2n) is 4.62. The Morgan fingerprint density at radius 2 is 1.90 bits per heavy atom. The van der Waals surface area contributed by atoms with Gasteiger partial charge in [0.1, 0.15) is 5.75 Å². The number of rotatable bonds is 6. The lowest BCUT2D eigenvalue weighted by Gasteiger charge is -2.19. The molecule has 0 aliphatic rings. The largest absolute Gasteiger partial charge is 0.494 e. The third kappa shape index (κ3) is 4.01. The van der Waals surface area contributed by atoms with Gasteiger partial charge in [0, 0.05) is 16.2 Å². The van der Waals surface area contributed by atoms with Crippen LogP contribution < -0.4 is 10.1 Å². The van der Waals surface area contributed by atoms with Crippen molar-refractivity contribution in [2.45, 2.75) is 26.3 Å². The lowest BCUT2D eigenvalue weighted by molar-refractivity contribution is 0.340. The Kier molecular flexibility index (Phi) is 5.48. The fraction of sp³-hybridized carbons (Fsp3) is 0.294. The summed E-state index contributed by atoms with van der Waals surface area (Å²) in [5.74, 6) is 0.904. The summed E-state index contributed by atoms with van der Waals surface area (Å²) in [5, 5.41) is 3.57. The zero-order valence-electron chi connectivity index (χ0n) is 11.9. The number of hydrogen-bond donors (Lipinski definition) is 1. The van der Waals surface area contributed by atoms with E-state index in [2.05, 4.69) is 52.4 Å². The van der Waals surface area contributed by atoms with Crippen molar-refractivity contribution in [1.29, 1.82) is 0 Å². The minimum Gasteiger partial charge on any atom is -0.494 e. The van der Waals surface area contributed by atoms with Crippen LogP contribution >= 0.6 is 15.9 Å². The van der Waals surface area contributed by atoms with Gasteiger partial charge in [0.05, 0.1) is 12.6 Å². The quantitative estimate of drug-likeness (QED) is 0.762. The lowest BCUT2D eigenvalue weighted by atomic mass is 10.0. The molecule has 3 heteroatoms. The molecule has 2 aromatic rings. The van der Waals surface area contributed by atoms with Crippen LogP contribution in [-0.2, 0) is 0 Å². The van der Waals surface area contributed by atoms with Gasteiger partial charge in [-0.3, -0.25) is 0 Å². The molecule has 0 saturated heterocycles. The molecule has 0 spiro atoms. The highest BCUT2D eigenvalue weighted by Gasteiger charge is 2.09. The highest BCUT2D eigenvalue weighted by atomic mass is 79.9. The van der Waals surface area contributed by atoms with E-state index in [4.69, 9.17) is 4.74 Å². The second kappa shape index (κ2) is 7.34. The van der Waals surface area contributed by atoms with Crippen molar-refractivity contribution in [1.82, 2.24) is 0 Å². The number of halogens is 1. The molecular formula is C17H20BrNO. The van der Waals surface area contributed by atoms with Crippen LogP contribution in [0.1, 0.15) is 31.9 Å². The third-order valence-electron chi connectivity index (χ3n) is 3.15. The summed E-state index contributed by atoms with van der Waals surface area (Å²) in [6.07, 6.45) is 1.02. The van der Waals surface area contributed by atoms with Gasteiger partial charge in [-0.25, -0.2) is 0 Å². The van der Waals surface area contributed by atoms with E-state index in [1.807, 2.05) is 31.2 Å². The molecule has 106 valence electrons. The summed E-state index contributed by atoms with van der Waals surface area (Å²) in [7, 11) is 0. The molecule has 0 heterocycles. The van der Waals surface area contributed by atoms with E-state index in [1.165, 1.54) is 5.56 Å². The first-order valence-electron chi connectivity index (χ1n) is 6.97. The number of ether oxygens (including phenoxy) is 1. The first-order valence-corrected chi connectivity index (χ1v) is 7.77. The number of anilines is 1. The molecule has 2 nitrogen and oxygen atoms in total. The van der Waals surface area contributed by atoms with Gasteiger partial charge in [-0.1, -0.05) is 41.1 Å². The summed E-state index contributed by atoms with van der Waals surface area (Å²) in [5.41, 5.74) is 2.37. The average molecular weight is 334 g/mol. The number of hydrogen-bond acceptors (Lipinski definition) is 2. The maximum absolute atomic E-state index is 5.54. The van der Waals surface area contributed by atoms with Gasteiger partial charge in [0.2, 0.25) is 0 Å². The average Bonchev–Trinajstić information content (AvgIpc) is 2.45. The van der Waals surface area contributed by atoms with E-state index < -0.39 is 0 Å². The topological polar surface area (TPSA) is 21.3 Å². The minimum atomic E-state index is 0.296. The van der Waals surface area contributed by atoms with E-state index in [9.17, 15) is 0 Å². The van der Waals surface area contributed by atoms with E-state index in [1.54, 1.807) is 0 Å². The van der Waals surface area contributed by atoms with Crippen molar-refractivity contribution in [2.24, 2.45) is 0 Å². The summed E-state index contributed by atoms with van der Waals surface area (Å²) >= 11 is 3.53. The van der Waals surface area contributed by atoms with Crippen LogP contribution in [0.5, 0.6) is 5.75 Å². The molecule has 2 rings (SSSR count). The maximum atomic E-state index is 5.54. The summed E-state index contributed by atoms with van der Waals surface area (Å²) < 4.78 is 6.65. The van der Waals surface area contributed by atoms with Gasteiger partial charge in [-0.2, -0.15) is 0 Å². The van der Waals surface area contributed by atoms with E-state index >= 15 is 0 Å². The van der Waals surface area contributed by atoms with Gasteiger partial charge in [0.15, 0.2) is 0 Å². The van der Waals surface area contributed by atoms with Gasteiger partial charge in [-0.05, 0) is 43.2 Å². The highest BCUT2D eigenvalue weighted by Crippen LogP contribution is 2.26. The monoisotopic (exact) mass is 333 g/mol. The third-order valence-corrected chi connectivity index (χ3v) is 3.64. The summed E-state index contributed by atoms with van der Waals surface area (Å²) in [4.78, 5) is 0. The smallest absolute Gasteiger partial charge is 0.121 e. The van der Waals surface area contributed by atoms with Crippen molar-refractivity contribution in [3.05, 3.63) is 58.6 Å². The molecule has 1 unspecified atom stereocenters. The molecule has 0 radical (unpaired) electrons. The molecule has 0 aromatic heterocycles. The number of nitrogens with one attached hydrogen (secondary N) is 1. The molecule has 1 N–H and O–H groups in total. The molecule has 0 bridgehead atoms. The Morgan fingerprint density at radius 1 is 1.10 bits per heavy atom. The summed E-state index contributed by atoms with van der Waals surface area (Å²) in [6.45, 7) is 4.87. The van der Waals surface area contributed by atoms with Crippen molar-refractivity contribution in [3.8, 4) is 5.75 Å². The first kappa shape index (κ1) is 14.9. The predicted octanol–water partition coefficient (Wildman–Crippen LogP) is 5.41. The van der Waals surface area contributed by atoms with Crippen molar-refractivity contribution in [2.75, 3.05) is 11.9 Å². The SMILES string of the molecule is CCOc1cccc(NC(CC)c2cccc(Br)c2)c1. The molecule has 0 saturated carbocycles. The van der Waals surface area contributed by atoms with Crippen LogP contribution in [0, 0.1) is 0 Å². The standard InChI is InChI=1S/C17H20BrNO/c1-3-17(13-7-5-8-14(18)11-13)19-15-9-6-10-16(12-15)20-4-2/h5-12,17,19H,3-4H2,1-2H3. The predicted molar refractivity (Wildman–Crippen MR) is 88.4 cm³/mol. The van der Waals surface area contributed by atoms with Crippen LogP contribution in [0.2, 0.25) is 0 Å². The maximum Gasteiger partial charge on any atom is 0.121 e. The van der Waals surface area contributed by atoms with Crippen molar-refractivity contribution >= 4 is 21.6 Å². The Morgan fingerprint density at radius 3 is 2.60 bits per heavy atom. The normalized spacial score (nSPS) is 11.9. The number of benzene rings is 2. The Labute approximate surface area is 129 Å². The fourth-order valence-electron chi connectivity index (χ4n) is 2.19. The van der Waals surface area contributed by atoms with Gasteiger partial charge >= 0.3 is 0 Å². The van der Waals surface area contributed by atoms with E-state index in [0.29, 0.717) is 12.6 Å². The molecule has 0 fully saturated rings. The van der Waals surface area contributed by atoms with Crippen LogP contribution in [0.15, 0.2) is 53.0 Å². The van der Waals surface area contributed by atoms with E-state index in [0.717, 1.165) is 22.3 Å². The van der Waals surface area contributed by atoms with Gasteiger partial charge in [-0.15, -0.1) is 0 Å². The van der Waals surface area contributed by atoms with Gasteiger partial charge in [0.25, 0.3) is 0 Å². The van der Waals surface area contributed by atoms with Crippen LogP contribution in [0.25, 0.3) is 0 Å². The molecule has 0 aliphatic heterocycles. The molecule has 0 aliphatic carbocycles. The molecule has 20 heavy (non-hydrogen) atoms. The fourth-order valence-corrected chi connectivity index (χ4v) is 2.60. The zero-order chi connectivity index (χ0) is 14.4.